The van der Waals surface area contributed by atoms with Gasteiger partial charge in [-0.05, 0) is 31.5 Å². The molecule has 1 amide bonds. The van der Waals surface area contributed by atoms with Crippen molar-refractivity contribution in [2.75, 3.05) is 5.75 Å². The molecule has 0 fully saturated rings. The highest BCUT2D eigenvalue weighted by Crippen LogP contribution is 2.20. The van der Waals surface area contributed by atoms with E-state index in [0.29, 0.717) is 27.6 Å². The molecule has 1 heterocycles. The Balaban J connectivity index is 2.33. The van der Waals surface area contributed by atoms with Crippen LogP contribution < -0.4 is 10.9 Å². The van der Waals surface area contributed by atoms with Crippen molar-refractivity contribution in [1.29, 1.82) is 0 Å². The quantitative estimate of drug-likeness (QED) is 0.464. The van der Waals surface area contributed by atoms with Gasteiger partial charge in [0.1, 0.15) is 0 Å². The van der Waals surface area contributed by atoms with Crippen LogP contribution in [0.1, 0.15) is 20.3 Å². The zero-order valence-corrected chi connectivity index (χ0v) is 15.3. The van der Waals surface area contributed by atoms with Crippen LogP contribution >= 0.6 is 23.4 Å². The standard InChI is InChI=1S/C17H20ClN3O2S/c1-4-8-21-16(23)13-7-6-12(18)9-14(13)20-17(21)24-10-15(22)19-11(3)5-2/h4,6-7,9,11H,1,5,8,10H2,2-3H3,(H,19,22)/t11-/m1/s1. The van der Waals surface area contributed by atoms with Gasteiger partial charge in [-0.3, -0.25) is 14.2 Å². The van der Waals surface area contributed by atoms with Crippen molar-refractivity contribution in [3.63, 3.8) is 0 Å². The Morgan fingerprint density at radius 2 is 2.29 bits per heavy atom. The topological polar surface area (TPSA) is 64.0 Å². The van der Waals surface area contributed by atoms with Gasteiger partial charge in [-0.25, -0.2) is 4.98 Å². The number of hydrogen-bond donors (Lipinski definition) is 1. The third kappa shape index (κ3) is 4.39. The lowest BCUT2D eigenvalue weighted by Crippen LogP contribution is -2.33. The van der Waals surface area contributed by atoms with Crippen LogP contribution in [0.4, 0.5) is 0 Å². The number of allylic oxidation sites excluding steroid dienone is 1. The van der Waals surface area contributed by atoms with Gasteiger partial charge >= 0.3 is 0 Å². The van der Waals surface area contributed by atoms with Gasteiger partial charge in [0.2, 0.25) is 5.91 Å². The molecule has 1 aromatic carbocycles. The average Bonchev–Trinajstić information content (AvgIpc) is 2.55. The molecule has 2 aromatic rings. The normalized spacial score (nSPS) is 12.1. The van der Waals surface area contributed by atoms with Gasteiger partial charge in [-0.15, -0.1) is 6.58 Å². The van der Waals surface area contributed by atoms with E-state index in [1.54, 1.807) is 24.3 Å². The van der Waals surface area contributed by atoms with Crippen LogP contribution in [0.15, 0.2) is 40.8 Å². The molecule has 0 aliphatic rings. The van der Waals surface area contributed by atoms with Crippen LogP contribution in [0.25, 0.3) is 10.9 Å². The fourth-order valence-corrected chi connectivity index (χ4v) is 3.11. The summed E-state index contributed by atoms with van der Waals surface area (Å²) in [5.41, 5.74) is 0.360. The van der Waals surface area contributed by atoms with Crippen LogP contribution in [-0.4, -0.2) is 27.3 Å². The van der Waals surface area contributed by atoms with E-state index >= 15 is 0 Å². The molecular formula is C17H20ClN3O2S. The first-order chi connectivity index (χ1) is 11.5. The SMILES string of the molecule is C=CCn1c(SCC(=O)N[C@H](C)CC)nc2cc(Cl)ccc2c1=O. The van der Waals surface area contributed by atoms with Crippen molar-refractivity contribution in [2.45, 2.75) is 38.0 Å². The fourth-order valence-electron chi connectivity index (χ4n) is 2.12. The van der Waals surface area contributed by atoms with Crippen LogP contribution in [0, 0.1) is 0 Å². The number of halogens is 1. The lowest BCUT2D eigenvalue weighted by Gasteiger charge is -2.13. The van der Waals surface area contributed by atoms with Crippen molar-refractivity contribution < 1.29 is 4.79 Å². The van der Waals surface area contributed by atoms with E-state index in [0.717, 1.165) is 6.42 Å². The Labute approximate surface area is 150 Å². The second kappa shape index (κ2) is 8.35. The van der Waals surface area contributed by atoms with Crippen molar-refractivity contribution in [2.24, 2.45) is 0 Å². The Bertz CT molecular complexity index is 819. The lowest BCUT2D eigenvalue weighted by molar-refractivity contribution is -0.119. The Kier molecular flexibility index (Phi) is 6.45. The number of carbonyl (C=O) groups is 1. The molecule has 5 nitrogen and oxygen atoms in total. The second-order valence-corrected chi connectivity index (χ2v) is 6.80. The average molecular weight is 366 g/mol. The first-order valence-corrected chi connectivity index (χ1v) is 9.05. The van der Waals surface area contributed by atoms with E-state index in [1.165, 1.54) is 16.3 Å². The van der Waals surface area contributed by atoms with Crippen LogP contribution in [-0.2, 0) is 11.3 Å². The number of rotatable bonds is 7. The number of benzene rings is 1. The first-order valence-electron chi connectivity index (χ1n) is 7.69. The molecule has 7 heteroatoms. The van der Waals surface area contributed by atoms with Gasteiger partial charge in [0.15, 0.2) is 5.16 Å². The number of thioether (sulfide) groups is 1. The first kappa shape index (κ1) is 18.5. The Morgan fingerprint density at radius 3 is 2.96 bits per heavy atom. The number of amides is 1. The number of nitrogens with one attached hydrogen (secondary N) is 1. The zero-order valence-electron chi connectivity index (χ0n) is 13.7. The Hall–Kier alpha value is -1.79. The summed E-state index contributed by atoms with van der Waals surface area (Å²) >= 11 is 7.22. The van der Waals surface area contributed by atoms with Crippen LogP contribution in [0.3, 0.4) is 0 Å². The molecule has 1 atom stereocenters. The van der Waals surface area contributed by atoms with E-state index in [-0.39, 0.29) is 23.3 Å². The van der Waals surface area contributed by atoms with Crippen LogP contribution in [0.5, 0.6) is 0 Å². The maximum Gasteiger partial charge on any atom is 0.262 e. The number of carbonyl (C=O) groups excluding carboxylic acids is 1. The van der Waals surface area contributed by atoms with E-state index < -0.39 is 0 Å². The minimum absolute atomic E-state index is 0.0834. The van der Waals surface area contributed by atoms with Gasteiger partial charge in [0.25, 0.3) is 5.56 Å². The van der Waals surface area contributed by atoms with Crippen molar-refractivity contribution in [1.82, 2.24) is 14.9 Å². The third-order valence-electron chi connectivity index (χ3n) is 3.55. The number of nitrogens with zero attached hydrogens (tertiary/aromatic N) is 2. The molecule has 0 unspecified atom stereocenters. The monoisotopic (exact) mass is 365 g/mol. The summed E-state index contributed by atoms with van der Waals surface area (Å²) in [5.74, 6) is 0.111. The maximum atomic E-state index is 12.6. The Morgan fingerprint density at radius 1 is 1.54 bits per heavy atom. The molecule has 0 aliphatic heterocycles. The second-order valence-electron chi connectivity index (χ2n) is 5.43. The summed E-state index contributed by atoms with van der Waals surface area (Å²) in [7, 11) is 0. The van der Waals surface area contributed by atoms with Crippen molar-refractivity contribution >= 4 is 40.2 Å². The molecule has 1 N–H and O–H groups in total. The van der Waals surface area contributed by atoms with Crippen molar-refractivity contribution in [3.05, 3.63) is 46.2 Å². The maximum absolute atomic E-state index is 12.6. The minimum Gasteiger partial charge on any atom is -0.353 e. The molecule has 0 saturated carbocycles. The minimum atomic E-state index is -0.165. The van der Waals surface area contributed by atoms with Crippen LogP contribution in [0.2, 0.25) is 5.02 Å². The van der Waals surface area contributed by atoms with E-state index in [4.69, 9.17) is 11.6 Å². The molecule has 0 aliphatic carbocycles. The summed E-state index contributed by atoms with van der Waals surface area (Å²) in [6, 6.07) is 5.10. The van der Waals surface area contributed by atoms with Gasteiger partial charge in [-0.2, -0.15) is 0 Å². The smallest absolute Gasteiger partial charge is 0.262 e. The number of aromatic nitrogens is 2. The molecule has 24 heavy (non-hydrogen) atoms. The molecule has 1 aromatic heterocycles. The lowest BCUT2D eigenvalue weighted by atomic mass is 10.2. The molecule has 0 saturated heterocycles. The molecule has 128 valence electrons. The van der Waals surface area contributed by atoms with Gasteiger partial charge < -0.3 is 5.32 Å². The van der Waals surface area contributed by atoms with Gasteiger partial charge in [0.05, 0.1) is 16.7 Å². The predicted molar refractivity (Wildman–Crippen MR) is 99.8 cm³/mol. The summed E-state index contributed by atoms with van der Waals surface area (Å²) in [6.45, 7) is 7.97. The zero-order chi connectivity index (χ0) is 17.7. The summed E-state index contributed by atoms with van der Waals surface area (Å²) in [6.07, 6.45) is 2.50. The summed E-state index contributed by atoms with van der Waals surface area (Å²) < 4.78 is 1.52. The van der Waals surface area contributed by atoms with E-state index in [2.05, 4.69) is 16.9 Å². The molecule has 2 rings (SSSR count). The highest BCUT2D eigenvalue weighted by atomic mass is 35.5. The molecule has 0 radical (unpaired) electrons. The molecule has 0 spiro atoms. The summed E-state index contributed by atoms with van der Waals surface area (Å²) in [5, 5.41) is 4.39. The van der Waals surface area contributed by atoms with Gasteiger partial charge in [0, 0.05) is 17.6 Å². The molecular weight excluding hydrogens is 346 g/mol. The third-order valence-corrected chi connectivity index (χ3v) is 4.76. The van der Waals surface area contributed by atoms with E-state index in [9.17, 15) is 9.59 Å². The number of fused-ring (bicyclic) bond motifs is 1. The highest BCUT2D eigenvalue weighted by Gasteiger charge is 2.13. The highest BCUT2D eigenvalue weighted by molar-refractivity contribution is 7.99. The van der Waals surface area contributed by atoms with Crippen molar-refractivity contribution in [3.8, 4) is 0 Å². The number of hydrogen-bond acceptors (Lipinski definition) is 4. The fraction of sp³-hybridized carbons (Fsp3) is 0.353. The predicted octanol–water partition coefficient (Wildman–Crippen LogP) is 3.24. The summed E-state index contributed by atoms with van der Waals surface area (Å²) in [4.78, 5) is 29.1. The van der Waals surface area contributed by atoms with E-state index in [1.807, 2.05) is 13.8 Å². The van der Waals surface area contributed by atoms with Gasteiger partial charge in [-0.1, -0.05) is 36.4 Å². The largest absolute Gasteiger partial charge is 0.353 e. The molecule has 0 bridgehead atoms.